The highest BCUT2D eigenvalue weighted by Gasteiger charge is 2.57. The molecule has 76 valence electrons. The highest BCUT2D eigenvalue weighted by molar-refractivity contribution is 5.08. The molecule has 0 heterocycles. The summed E-state index contributed by atoms with van der Waals surface area (Å²) in [5.41, 5.74) is -1.73. The van der Waals surface area contributed by atoms with E-state index in [0.29, 0.717) is 11.8 Å². The van der Waals surface area contributed by atoms with Crippen molar-refractivity contribution in [3.05, 3.63) is 0 Å². The molecule has 2 aliphatic rings. The minimum absolute atomic E-state index is 0.330. The van der Waals surface area contributed by atoms with Gasteiger partial charge in [0.25, 0.3) is 0 Å². The van der Waals surface area contributed by atoms with E-state index in [1.54, 1.807) is 6.92 Å². The van der Waals surface area contributed by atoms with Crippen LogP contribution < -0.4 is 0 Å². The summed E-state index contributed by atoms with van der Waals surface area (Å²) in [6.07, 6.45) is 5.55. The molecule has 0 aromatic heterocycles. The largest absolute Gasteiger partial charge is 0.387 e. The molecule has 13 heavy (non-hydrogen) atoms. The summed E-state index contributed by atoms with van der Waals surface area (Å²) in [5, 5.41) is 20.4. The number of fused-ring (bicyclic) bond motifs is 1. The van der Waals surface area contributed by atoms with Gasteiger partial charge in [-0.3, -0.25) is 0 Å². The first-order valence-electron chi connectivity index (χ1n) is 5.40. The Morgan fingerprint density at radius 2 is 1.69 bits per heavy atom. The first-order valence-corrected chi connectivity index (χ1v) is 5.40. The van der Waals surface area contributed by atoms with Gasteiger partial charge in [0.05, 0.1) is 11.2 Å². The molecule has 0 aromatic carbocycles. The molecule has 2 unspecified atom stereocenters. The second-order valence-electron chi connectivity index (χ2n) is 5.28. The van der Waals surface area contributed by atoms with Gasteiger partial charge in [0.1, 0.15) is 0 Å². The third-order valence-corrected chi connectivity index (χ3v) is 4.38. The number of aliphatic hydroxyl groups is 2. The van der Waals surface area contributed by atoms with E-state index < -0.39 is 11.2 Å². The van der Waals surface area contributed by atoms with Crippen molar-refractivity contribution in [2.24, 2.45) is 11.8 Å². The Balaban J connectivity index is 2.25. The molecule has 2 N–H and O–H groups in total. The Morgan fingerprint density at radius 3 is 2.31 bits per heavy atom. The van der Waals surface area contributed by atoms with Gasteiger partial charge in [-0.1, -0.05) is 12.8 Å². The highest BCUT2D eigenvalue weighted by Crippen LogP contribution is 2.52. The number of rotatable bonds is 0. The molecular formula is C11H20O2. The molecule has 2 fully saturated rings. The zero-order valence-electron chi connectivity index (χ0n) is 8.58. The third-order valence-electron chi connectivity index (χ3n) is 4.38. The highest BCUT2D eigenvalue weighted by atomic mass is 16.4. The monoisotopic (exact) mass is 184 g/mol. The number of hydrogen-bond acceptors (Lipinski definition) is 2. The zero-order valence-corrected chi connectivity index (χ0v) is 8.58. The van der Waals surface area contributed by atoms with E-state index in [2.05, 4.69) is 0 Å². The SMILES string of the molecule is C[C@@]1(O)CC2CCCCC2[C@@]1(C)O. The lowest BCUT2D eigenvalue weighted by Crippen LogP contribution is -2.49. The lowest BCUT2D eigenvalue weighted by molar-refractivity contribution is -0.131. The smallest absolute Gasteiger partial charge is 0.0933 e. The van der Waals surface area contributed by atoms with Gasteiger partial charge in [-0.05, 0) is 44.9 Å². The lowest BCUT2D eigenvalue weighted by Gasteiger charge is -2.37. The van der Waals surface area contributed by atoms with Gasteiger partial charge in [-0.2, -0.15) is 0 Å². The Hall–Kier alpha value is -0.0800. The summed E-state index contributed by atoms with van der Waals surface area (Å²) in [4.78, 5) is 0. The van der Waals surface area contributed by atoms with Crippen molar-refractivity contribution in [3.63, 3.8) is 0 Å². The molecule has 2 nitrogen and oxygen atoms in total. The topological polar surface area (TPSA) is 40.5 Å². The molecule has 0 radical (unpaired) electrons. The van der Waals surface area contributed by atoms with Crippen molar-refractivity contribution in [2.45, 2.75) is 57.2 Å². The standard InChI is InChI=1S/C11H20O2/c1-10(12)7-8-5-3-4-6-9(8)11(10,2)13/h8-9,12-13H,3-7H2,1-2H3/t8?,9?,10-,11-/m1/s1. The van der Waals surface area contributed by atoms with Crippen molar-refractivity contribution in [1.82, 2.24) is 0 Å². The Kier molecular flexibility index (Phi) is 1.97. The maximum absolute atomic E-state index is 10.3. The van der Waals surface area contributed by atoms with E-state index >= 15 is 0 Å². The fourth-order valence-electron chi connectivity index (χ4n) is 3.31. The summed E-state index contributed by atoms with van der Waals surface area (Å²) >= 11 is 0. The fraction of sp³-hybridized carbons (Fsp3) is 1.00. The average molecular weight is 184 g/mol. The van der Waals surface area contributed by atoms with E-state index in [1.165, 1.54) is 19.3 Å². The van der Waals surface area contributed by atoms with Crippen molar-refractivity contribution in [2.75, 3.05) is 0 Å². The molecular weight excluding hydrogens is 164 g/mol. The van der Waals surface area contributed by atoms with Gasteiger partial charge in [0.2, 0.25) is 0 Å². The summed E-state index contributed by atoms with van der Waals surface area (Å²) in [6.45, 7) is 3.59. The molecule has 2 heteroatoms. The van der Waals surface area contributed by atoms with Crippen LogP contribution in [0.3, 0.4) is 0 Å². The summed E-state index contributed by atoms with van der Waals surface area (Å²) in [7, 11) is 0. The predicted octanol–water partition coefficient (Wildman–Crippen LogP) is 1.70. The summed E-state index contributed by atoms with van der Waals surface area (Å²) < 4.78 is 0. The third kappa shape index (κ3) is 1.23. The first-order chi connectivity index (χ1) is 5.95. The van der Waals surface area contributed by atoms with Crippen molar-refractivity contribution in [3.8, 4) is 0 Å². The van der Waals surface area contributed by atoms with Crippen molar-refractivity contribution >= 4 is 0 Å². The quantitative estimate of drug-likeness (QED) is 0.601. The summed E-state index contributed by atoms with van der Waals surface area (Å²) in [6, 6.07) is 0. The van der Waals surface area contributed by atoms with Crippen LogP contribution in [0.1, 0.15) is 46.0 Å². The van der Waals surface area contributed by atoms with E-state index in [4.69, 9.17) is 0 Å². The normalized spacial score (nSPS) is 56.3. The van der Waals surface area contributed by atoms with Crippen molar-refractivity contribution < 1.29 is 10.2 Å². The molecule has 4 atom stereocenters. The van der Waals surface area contributed by atoms with Crippen LogP contribution in [0.4, 0.5) is 0 Å². The average Bonchev–Trinajstić information content (AvgIpc) is 2.20. The zero-order chi connectivity index (χ0) is 9.69. The van der Waals surface area contributed by atoms with E-state index in [1.807, 2.05) is 6.92 Å². The van der Waals surface area contributed by atoms with Crippen LogP contribution in [-0.2, 0) is 0 Å². The molecule has 2 aliphatic carbocycles. The summed E-state index contributed by atoms with van der Waals surface area (Å²) in [5.74, 6) is 0.884. The van der Waals surface area contributed by atoms with Gasteiger partial charge < -0.3 is 10.2 Å². The molecule has 0 aromatic rings. The van der Waals surface area contributed by atoms with E-state index in [0.717, 1.165) is 12.8 Å². The minimum Gasteiger partial charge on any atom is -0.387 e. The molecule has 0 spiro atoms. The molecule has 0 bridgehead atoms. The Morgan fingerprint density at radius 1 is 1.08 bits per heavy atom. The Bertz CT molecular complexity index is 208. The maximum Gasteiger partial charge on any atom is 0.0933 e. The van der Waals surface area contributed by atoms with Crippen LogP contribution in [0.25, 0.3) is 0 Å². The van der Waals surface area contributed by atoms with Gasteiger partial charge >= 0.3 is 0 Å². The van der Waals surface area contributed by atoms with Crippen LogP contribution in [0.5, 0.6) is 0 Å². The molecule has 0 aliphatic heterocycles. The predicted molar refractivity (Wildman–Crippen MR) is 51.3 cm³/mol. The van der Waals surface area contributed by atoms with Gasteiger partial charge in [0.15, 0.2) is 0 Å². The van der Waals surface area contributed by atoms with E-state index in [-0.39, 0.29) is 0 Å². The van der Waals surface area contributed by atoms with Crippen molar-refractivity contribution in [1.29, 1.82) is 0 Å². The number of hydrogen-bond donors (Lipinski definition) is 2. The van der Waals surface area contributed by atoms with Gasteiger partial charge in [-0.15, -0.1) is 0 Å². The molecule has 2 saturated carbocycles. The molecule has 0 saturated heterocycles. The van der Waals surface area contributed by atoms with Crippen LogP contribution in [-0.4, -0.2) is 21.4 Å². The first kappa shape index (κ1) is 9.47. The lowest BCUT2D eigenvalue weighted by atomic mass is 9.75. The fourth-order valence-corrected chi connectivity index (χ4v) is 3.31. The van der Waals surface area contributed by atoms with Crippen LogP contribution >= 0.6 is 0 Å². The maximum atomic E-state index is 10.3. The second-order valence-corrected chi connectivity index (χ2v) is 5.28. The molecule has 2 rings (SSSR count). The van der Waals surface area contributed by atoms with Gasteiger partial charge in [0, 0.05) is 0 Å². The van der Waals surface area contributed by atoms with Gasteiger partial charge in [-0.25, -0.2) is 0 Å². The van der Waals surface area contributed by atoms with E-state index in [9.17, 15) is 10.2 Å². The van der Waals surface area contributed by atoms with Crippen LogP contribution in [0, 0.1) is 11.8 Å². The van der Waals surface area contributed by atoms with Crippen LogP contribution in [0.15, 0.2) is 0 Å². The van der Waals surface area contributed by atoms with Crippen LogP contribution in [0.2, 0.25) is 0 Å². The Labute approximate surface area is 80.0 Å². The molecule has 0 amide bonds. The second kappa shape index (κ2) is 2.71. The minimum atomic E-state index is -0.868.